The van der Waals surface area contributed by atoms with Gasteiger partial charge in [0, 0.05) is 18.3 Å². The minimum absolute atomic E-state index is 0.256. The van der Waals surface area contributed by atoms with Gasteiger partial charge < -0.3 is 15.2 Å². The molecule has 5 rings (SSSR count). The Morgan fingerprint density at radius 1 is 0.944 bits per heavy atom. The molecule has 2 N–H and O–H groups in total. The van der Waals surface area contributed by atoms with Crippen LogP contribution in [0.2, 0.25) is 0 Å². The minimum Gasteiger partial charge on any atom is -0.468 e. The van der Waals surface area contributed by atoms with E-state index in [9.17, 15) is 0 Å². The predicted octanol–water partition coefficient (Wildman–Crippen LogP) is 4.30. The van der Waals surface area contributed by atoms with Gasteiger partial charge in [-0.05, 0) is 49.5 Å². The molecule has 1 saturated heterocycles. The molecule has 0 saturated carbocycles. The van der Waals surface area contributed by atoms with Crippen LogP contribution in [0.1, 0.15) is 43.7 Å². The van der Waals surface area contributed by atoms with E-state index in [0.29, 0.717) is 30.3 Å². The lowest BCUT2D eigenvalue weighted by Gasteiger charge is -2.14. The lowest BCUT2D eigenvalue weighted by atomic mass is 10.1. The molecule has 1 aromatic carbocycles. The smallest absolute Gasteiger partial charge is 0.320 e. The summed E-state index contributed by atoms with van der Waals surface area (Å²) in [6.07, 6.45) is 6.54. The Morgan fingerprint density at radius 2 is 1.72 bits per heavy atom. The Morgan fingerprint density at radius 3 is 2.42 bits per heavy atom. The molecular formula is C27H33N7O2. The van der Waals surface area contributed by atoms with Crippen molar-refractivity contribution in [2.45, 2.75) is 45.7 Å². The van der Waals surface area contributed by atoms with E-state index in [-0.39, 0.29) is 11.8 Å². The van der Waals surface area contributed by atoms with E-state index in [1.54, 1.807) is 7.11 Å². The van der Waals surface area contributed by atoms with Crippen LogP contribution in [0, 0.1) is 0 Å². The van der Waals surface area contributed by atoms with Crippen molar-refractivity contribution >= 4 is 17.0 Å². The van der Waals surface area contributed by atoms with E-state index in [4.69, 9.17) is 20.2 Å². The average molecular weight is 488 g/mol. The molecule has 0 spiro atoms. The van der Waals surface area contributed by atoms with Gasteiger partial charge in [-0.3, -0.25) is 14.5 Å². The molecule has 0 aliphatic carbocycles. The van der Waals surface area contributed by atoms with Gasteiger partial charge in [0.2, 0.25) is 0 Å². The number of pyridine rings is 1. The number of fused-ring (bicyclic) bond motifs is 1. The number of anilines is 1. The molecule has 0 amide bonds. The van der Waals surface area contributed by atoms with Crippen molar-refractivity contribution in [2.24, 2.45) is 0 Å². The number of hydrogen-bond acceptors (Lipinski definition) is 8. The van der Waals surface area contributed by atoms with E-state index in [2.05, 4.69) is 63.2 Å². The summed E-state index contributed by atoms with van der Waals surface area (Å²) in [5.74, 6) is 0.276. The Bertz CT molecular complexity index is 1300. The molecule has 3 aromatic heterocycles. The molecule has 9 heteroatoms. The highest BCUT2D eigenvalue weighted by molar-refractivity contribution is 5.83. The van der Waals surface area contributed by atoms with Crippen molar-refractivity contribution in [3.05, 3.63) is 53.7 Å². The number of methoxy groups -OCH3 is 1. The minimum atomic E-state index is 0.256. The van der Waals surface area contributed by atoms with Crippen molar-refractivity contribution in [1.82, 2.24) is 29.4 Å². The zero-order valence-electron chi connectivity index (χ0n) is 21.0. The van der Waals surface area contributed by atoms with E-state index in [1.807, 2.05) is 10.8 Å². The number of imidazole rings is 1. The second kappa shape index (κ2) is 10.9. The van der Waals surface area contributed by atoms with Gasteiger partial charge >= 0.3 is 6.01 Å². The van der Waals surface area contributed by atoms with E-state index in [0.717, 1.165) is 36.2 Å². The Labute approximate surface area is 211 Å². The molecule has 4 aromatic rings. The fraction of sp³-hybridized carbons (Fsp3) is 0.407. The quantitative estimate of drug-likeness (QED) is 0.330. The van der Waals surface area contributed by atoms with Crippen LogP contribution >= 0.6 is 0 Å². The summed E-state index contributed by atoms with van der Waals surface area (Å²) in [4.78, 5) is 20.5. The maximum absolute atomic E-state index is 6.16. The lowest BCUT2D eigenvalue weighted by molar-refractivity contribution is 0.286. The Kier molecular flexibility index (Phi) is 7.27. The lowest BCUT2D eigenvalue weighted by Crippen LogP contribution is -2.18. The highest BCUT2D eigenvalue weighted by Crippen LogP contribution is 2.27. The molecule has 0 atom stereocenters. The molecule has 1 aliphatic rings. The summed E-state index contributed by atoms with van der Waals surface area (Å²) in [7, 11) is 1.59. The van der Waals surface area contributed by atoms with Gasteiger partial charge in [-0.1, -0.05) is 43.7 Å². The highest BCUT2D eigenvalue weighted by Gasteiger charge is 2.18. The fourth-order valence-corrected chi connectivity index (χ4v) is 4.50. The molecule has 0 radical (unpaired) electrons. The third-order valence-electron chi connectivity index (χ3n) is 6.50. The largest absolute Gasteiger partial charge is 0.468 e. The third kappa shape index (κ3) is 5.26. The Balaban J connectivity index is 1.34. The summed E-state index contributed by atoms with van der Waals surface area (Å²) in [6, 6.07) is 13.3. The first-order valence-corrected chi connectivity index (χ1v) is 12.6. The monoisotopic (exact) mass is 487 g/mol. The summed E-state index contributed by atoms with van der Waals surface area (Å²) in [5.41, 5.74) is 11.6. The number of nitrogens with two attached hydrogens (primary N) is 1. The number of benzene rings is 1. The topological polar surface area (TPSA) is 104 Å². The van der Waals surface area contributed by atoms with Gasteiger partial charge in [0.25, 0.3) is 6.01 Å². The first kappa shape index (κ1) is 24.0. The van der Waals surface area contributed by atoms with Crippen molar-refractivity contribution in [1.29, 1.82) is 0 Å². The third-order valence-corrected chi connectivity index (χ3v) is 6.50. The number of nitrogens with zero attached hydrogens (tertiary/aromatic N) is 6. The summed E-state index contributed by atoms with van der Waals surface area (Å²) in [6.45, 7) is 6.52. The highest BCUT2D eigenvalue weighted by atomic mass is 16.5. The zero-order valence-corrected chi connectivity index (χ0v) is 21.0. The van der Waals surface area contributed by atoms with Crippen LogP contribution in [-0.2, 0) is 13.1 Å². The number of aromatic nitrogens is 5. The number of unbranched alkanes of at least 4 members (excludes halogenated alkanes) is 1. The summed E-state index contributed by atoms with van der Waals surface area (Å²) in [5, 5.41) is 0. The van der Waals surface area contributed by atoms with Crippen molar-refractivity contribution in [3.8, 4) is 23.3 Å². The molecule has 0 unspecified atom stereocenters. The van der Waals surface area contributed by atoms with Crippen LogP contribution < -0.4 is 15.2 Å². The summed E-state index contributed by atoms with van der Waals surface area (Å²) >= 11 is 0. The molecule has 1 aliphatic heterocycles. The molecule has 36 heavy (non-hydrogen) atoms. The number of hydrogen-bond donors (Lipinski definition) is 1. The van der Waals surface area contributed by atoms with Gasteiger partial charge in [-0.25, -0.2) is 0 Å². The maximum atomic E-state index is 6.16. The second-order valence-corrected chi connectivity index (χ2v) is 9.18. The van der Waals surface area contributed by atoms with Gasteiger partial charge in [-0.15, -0.1) is 0 Å². The number of nitrogen functional groups attached to an aromatic ring is 1. The number of ether oxygens (including phenoxy) is 2. The van der Waals surface area contributed by atoms with Crippen molar-refractivity contribution < 1.29 is 9.47 Å². The Hall–Kier alpha value is -3.72. The van der Waals surface area contributed by atoms with Crippen LogP contribution in [0.5, 0.6) is 12.0 Å². The van der Waals surface area contributed by atoms with Crippen LogP contribution in [0.15, 0.2) is 42.6 Å². The number of rotatable bonds is 10. The van der Waals surface area contributed by atoms with Crippen molar-refractivity contribution in [2.75, 3.05) is 32.5 Å². The average Bonchev–Trinajstić information content (AvgIpc) is 3.53. The first-order valence-electron chi connectivity index (χ1n) is 12.6. The molecule has 188 valence electrons. The molecular weight excluding hydrogens is 454 g/mol. The first-order chi connectivity index (χ1) is 17.6. The van der Waals surface area contributed by atoms with Gasteiger partial charge in [-0.2, -0.15) is 15.0 Å². The second-order valence-electron chi connectivity index (χ2n) is 9.18. The van der Waals surface area contributed by atoms with Crippen LogP contribution in [0.4, 0.5) is 5.82 Å². The summed E-state index contributed by atoms with van der Waals surface area (Å²) < 4.78 is 13.1. The molecule has 0 bridgehead atoms. The standard InChI is InChI=1S/C27H33N7O2/c1-3-4-15-36-26-31-24(28)23-25(32-26)34(27(30-23)35-2)18-19-7-10-21(11-8-19)22-12-9-20(16-29-22)17-33-13-5-6-14-33/h7-12,16H,3-6,13-15,17-18H2,1-2H3,(H2,28,31,32). The van der Waals surface area contributed by atoms with Crippen LogP contribution in [-0.4, -0.2) is 56.2 Å². The van der Waals surface area contributed by atoms with E-state index < -0.39 is 0 Å². The molecule has 4 heterocycles. The van der Waals surface area contributed by atoms with Gasteiger partial charge in [0.15, 0.2) is 17.0 Å². The molecule has 1 fully saturated rings. The van der Waals surface area contributed by atoms with E-state index >= 15 is 0 Å². The van der Waals surface area contributed by atoms with Crippen LogP contribution in [0.25, 0.3) is 22.4 Å². The normalized spacial score (nSPS) is 13.9. The fourth-order valence-electron chi connectivity index (χ4n) is 4.50. The van der Waals surface area contributed by atoms with E-state index in [1.165, 1.54) is 31.5 Å². The SMILES string of the molecule is CCCCOc1nc(N)c2nc(OC)n(Cc3ccc(-c4ccc(CN5CCCC5)cn4)cc3)c2n1. The van der Waals surface area contributed by atoms with Crippen LogP contribution in [0.3, 0.4) is 0 Å². The molecule has 9 nitrogen and oxygen atoms in total. The predicted molar refractivity (Wildman–Crippen MR) is 140 cm³/mol. The van der Waals surface area contributed by atoms with Crippen molar-refractivity contribution in [3.63, 3.8) is 0 Å². The maximum Gasteiger partial charge on any atom is 0.320 e. The zero-order chi connectivity index (χ0) is 24.9. The van der Waals surface area contributed by atoms with Gasteiger partial charge in [0.05, 0.1) is 26.0 Å². The number of likely N-dealkylation sites (tertiary alicyclic amines) is 1. The van der Waals surface area contributed by atoms with Gasteiger partial charge in [0.1, 0.15) is 0 Å².